The minimum Gasteiger partial charge on any atom is -0.459 e. The Kier molecular flexibility index (Phi) is 4.81. The van der Waals surface area contributed by atoms with Crippen LogP contribution in [0.3, 0.4) is 0 Å². The Morgan fingerprint density at radius 2 is 1.77 bits per heavy atom. The van der Waals surface area contributed by atoms with Crippen LogP contribution < -0.4 is 10.0 Å². The highest BCUT2D eigenvalue weighted by Crippen LogP contribution is 2.23. The first kappa shape index (κ1) is 17.8. The van der Waals surface area contributed by atoms with E-state index in [2.05, 4.69) is 10.0 Å². The lowest BCUT2D eigenvalue weighted by molar-refractivity contribution is 0.0996. The van der Waals surface area contributed by atoms with Gasteiger partial charge in [-0.1, -0.05) is 18.2 Å². The van der Waals surface area contributed by atoms with E-state index in [0.717, 1.165) is 5.56 Å². The molecule has 0 radical (unpaired) electrons. The lowest BCUT2D eigenvalue weighted by atomic mass is 10.2. The van der Waals surface area contributed by atoms with Crippen LogP contribution in [0.5, 0.6) is 0 Å². The Bertz CT molecular complexity index is 1040. The molecule has 0 saturated heterocycles. The number of carbonyl (C=O) groups is 1. The molecule has 3 aromatic rings. The molecule has 0 bridgehead atoms. The Morgan fingerprint density at radius 1 is 0.962 bits per heavy atom. The molecule has 0 saturated carbocycles. The minimum absolute atomic E-state index is 0.0938. The average molecular weight is 370 g/mol. The molecule has 3 rings (SSSR count). The summed E-state index contributed by atoms with van der Waals surface area (Å²) in [6, 6.07) is 14.9. The van der Waals surface area contributed by atoms with Crippen LogP contribution in [0.2, 0.25) is 0 Å². The Labute approximate surface area is 151 Å². The van der Waals surface area contributed by atoms with Gasteiger partial charge >= 0.3 is 0 Å². The third kappa shape index (κ3) is 3.94. The zero-order chi connectivity index (χ0) is 18.7. The van der Waals surface area contributed by atoms with Gasteiger partial charge in [-0.25, -0.2) is 8.42 Å². The molecular formula is C19H18N2O4S. The highest BCUT2D eigenvalue weighted by Gasteiger charge is 2.19. The number of sulfonamides is 1. The van der Waals surface area contributed by atoms with Gasteiger partial charge in [0.05, 0.1) is 11.2 Å². The van der Waals surface area contributed by atoms with E-state index in [1.54, 1.807) is 43.3 Å². The van der Waals surface area contributed by atoms with Crippen LogP contribution in [0.15, 0.2) is 70.2 Å². The maximum Gasteiger partial charge on any atom is 0.291 e. The lowest BCUT2D eigenvalue weighted by Crippen LogP contribution is -2.16. The number of hydrogen-bond donors (Lipinski definition) is 2. The molecule has 0 spiro atoms. The molecule has 7 heteroatoms. The molecule has 134 valence electrons. The number of nitrogens with one attached hydrogen (secondary N) is 2. The third-order valence-electron chi connectivity index (χ3n) is 3.75. The number of furan rings is 1. The fourth-order valence-corrected chi connectivity index (χ4v) is 3.81. The lowest BCUT2D eigenvalue weighted by Gasteiger charge is -2.13. The van der Waals surface area contributed by atoms with Crippen molar-refractivity contribution in [1.82, 2.24) is 0 Å². The van der Waals surface area contributed by atoms with Gasteiger partial charge in [0.2, 0.25) is 0 Å². The van der Waals surface area contributed by atoms with Crippen molar-refractivity contribution in [3.05, 3.63) is 77.7 Å². The summed E-state index contributed by atoms with van der Waals surface area (Å²) in [5, 5.41) is 2.63. The van der Waals surface area contributed by atoms with Crippen molar-refractivity contribution in [3.8, 4) is 0 Å². The van der Waals surface area contributed by atoms with Gasteiger partial charge < -0.3 is 9.73 Å². The molecule has 0 unspecified atom stereocenters. The summed E-state index contributed by atoms with van der Waals surface area (Å²) in [4.78, 5) is 12.2. The van der Waals surface area contributed by atoms with E-state index in [1.807, 2.05) is 13.0 Å². The van der Waals surface area contributed by atoms with Gasteiger partial charge in [-0.05, 0) is 61.4 Å². The number of hydrogen-bond acceptors (Lipinski definition) is 4. The van der Waals surface area contributed by atoms with Gasteiger partial charge in [0.15, 0.2) is 5.76 Å². The second-order valence-corrected chi connectivity index (χ2v) is 7.54. The molecule has 0 aliphatic heterocycles. The molecule has 26 heavy (non-hydrogen) atoms. The van der Waals surface area contributed by atoms with Crippen LogP contribution in [0, 0.1) is 13.8 Å². The van der Waals surface area contributed by atoms with Crippen LogP contribution in [-0.4, -0.2) is 14.3 Å². The third-order valence-corrected chi connectivity index (χ3v) is 5.27. The summed E-state index contributed by atoms with van der Waals surface area (Å²) in [7, 11) is -3.80. The van der Waals surface area contributed by atoms with Gasteiger partial charge in [-0.2, -0.15) is 0 Å². The number of rotatable bonds is 5. The van der Waals surface area contributed by atoms with E-state index < -0.39 is 15.9 Å². The van der Waals surface area contributed by atoms with E-state index in [4.69, 9.17) is 4.42 Å². The standard InChI is InChI=1S/C19H18N2O4S/c1-13-5-3-6-16(11-13)21-26(23,24)18-12-15(9-8-14(18)2)20-19(22)17-7-4-10-25-17/h3-12,21H,1-2H3,(H,20,22). The maximum absolute atomic E-state index is 12.8. The first-order valence-corrected chi connectivity index (χ1v) is 9.38. The van der Waals surface area contributed by atoms with Crippen molar-refractivity contribution < 1.29 is 17.6 Å². The van der Waals surface area contributed by atoms with Gasteiger partial charge in [-0.3, -0.25) is 9.52 Å². The maximum atomic E-state index is 12.8. The highest BCUT2D eigenvalue weighted by molar-refractivity contribution is 7.92. The molecule has 0 atom stereocenters. The van der Waals surface area contributed by atoms with E-state index in [1.165, 1.54) is 18.4 Å². The summed E-state index contributed by atoms with van der Waals surface area (Å²) in [6.07, 6.45) is 1.39. The topological polar surface area (TPSA) is 88.4 Å². The molecule has 0 aliphatic rings. The van der Waals surface area contributed by atoms with E-state index in [9.17, 15) is 13.2 Å². The van der Waals surface area contributed by atoms with E-state index in [0.29, 0.717) is 16.9 Å². The Morgan fingerprint density at radius 3 is 2.46 bits per heavy atom. The monoisotopic (exact) mass is 370 g/mol. The van der Waals surface area contributed by atoms with Gasteiger partial charge in [0, 0.05) is 11.4 Å². The van der Waals surface area contributed by atoms with Crippen LogP contribution in [0.4, 0.5) is 11.4 Å². The molecule has 1 amide bonds. The second kappa shape index (κ2) is 7.05. The predicted octanol–water partition coefficient (Wildman–Crippen LogP) is 3.95. The minimum atomic E-state index is -3.80. The second-order valence-electron chi connectivity index (χ2n) is 5.89. The normalized spacial score (nSPS) is 11.2. The fourth-order valence-electron chi connectivity index (χ4n) is 2.49. The van der Waals surface area contributed by atoms with Crippen LogP contribution in [-0.2, 0) is 10.0 Å². The highest BCUT2D eigenvalue weighted by atomic mass is 32.2. The fraction of sp³-hybridized carbons (Fsp3) is 0.105. The molecule has 1 aromatic heterocycles. The SMILES string of the molecule is Cc1cccc(NS(=O)(=O)c2cc(NC(=O)c3ccco3)ccc2C)c1. The van der Waals surface area contributed by atoms with E-state index >= 15 is 0 Å². The summed E-state index contributed by atoms with van der Waals surface area (Å²) >= 11 is 0. The van der Waals surface area contributed by atoms with Crippen molar-refractivity contribution in [1.29, 1.82) is 0 Å². The molecular weight excluding hydrogens is 352 g/mol. The van der Waals surface area contributed by atoms with Gasteiger partial charge in [0.25, 0.3) is 15.9 Å². The molecule has 6 nitrogen and oxygen atoms in total. The molecule has 1 heterocycles. The quantitative estimate of drug-likeness (QED) is 0.712. The van der Waals surface area contributed by atoms with Crippen LogP contribution >= 0.6 is 0 Å². The van der Waals surface area contributed by atoms with Crippen molar-refractivity contribution >= 4 is 27.3 Å². The molecule has 2 aromatic carbocycles. The Balaban J connectivity index is 1.88. The number of benzene rings is 2. The largest absolute Gasteiger partial charge is 0.459 e. The van der Waals surface area contributed by atoms with Crippen LogP contribution in [0.25, 0.3) is 0 Å². The van der Waals surface area contributed by atoms with Crippen LogP contribution in [0.1, 0.15) is 21.7 Å². The molecule has 0 fully saturated rings. The zero-order valence-corrected chi connectivity index (χ0v) is 15.1. The van der Waals surface area contributed by atoms with Crippen molar-refractivity contribution in [3.63, 3.8) is 0 Å². The number of amides is 1. The number of carbonyl (C=O) groups excluding carboxylic acids is 1. The van der Waals surface area contributed by atoms with Crippen molar-refractivity contribution in [2.75, 3.05) is 10.0 Å². The first-order valence-electron chi connectivity index (χ1n) is 7.90. The summed E-state index contributed by atoms with van der Waals surface area (Å²) in [5.41, 5.74) is 2.36. The van der Waals surface area contributed by atoms with Crippen molar-refractivity contribution in [2.45, 2.75) is 18.7 Å². The smallest absolute Gasteiger partial charge is 0.291 e. The van der Waals surface area contributed by atoms with Gasteiger partial charge in [0.1, 0.15) is 0 Å². The summed E-state index contributed by atoms with van der Waals surface area (Å²) < 4.78 is 33.1. The molecule has 2 N–H and O–H groups in total. The number of anilines is 2. The zero-order valence-electron chi connectivity index (χ0n) is 14.3. The summed E-state index contributed by atoms with van der Waals surface area (Å²) in [6.45, 7) is 3.58. The first-order chi connectivity index (χ1) is 12.3. The summed E-state index contributed by atoms with van der Waals surface area (Å²) in [5.74, 6) is -0.304. The predicted molar refractivity (Wildman–Crippen MR) is 99.8 cm³/mol. The van der Waals surface area contributed by atoms with Crippen molar-refractivity contribution in [2.24, 2.45) is 0 Å². The average Bonchev–Trinajstić information content (AvgIpc) is 3.10. The molecule has 0 aliphatic carbocycles. The van der Waals surface area contributed by atoms with E-state index in [-0.39, 0.29) is 10.7 Å². The number of aryl methyl sites for hydroxylation is 2. The Hall–Kier alpha value is -3.06. The van der Waals surface area contributed by atoms with Gasteiger partial charge in [-0.15, -0.1) is 0 Å².